The second-order valence-electron chi connectivity index (χ2n) is 4.36. The van der Waals surface area contributed by atoms with Crippen LogP contribution in [-0.4, -0.2) is 51.3 Å². The van der Waals surface area contributed by atoms with Gasteiger partial charge >= 0.3 is 5.97 Å². The summed E-state index contributed by atoms with van der Waals surface area (Å²) in [6.07, 6.45) is 0. The summed E-state index contributed by atoms with van der Waals surface area (Å²) in [5.41, 5.74) is 1.03. The van der Waals surface area contributed by atoms with Gasteiger partial charge in [0.05, 0.1) is 20.2 Å². The van der Waals surface area contributed by atoms with Gasteiger partial charge in [0.25, 0.3) is 0 Å². The van der Waals surface area contributed by atoms with E-state index >= 15 is 0 Å². The summed E-state index contributed by atoms with van der Waals surface area (Å²) in [6.45, 7) is 1.19. The lowest BCUT2D eigenvalue weighted by Crippen LogP contribution is -2.64. The summed E-state index contributed by atoms with van der Waals surface area (Å²) < 4.78 is 15.7. The van der Waals surface area contributed by atoms with Crippen molar-refractivity contribution in [2.45, 2.75) is 5.79 Å². The van der Waals surface area contributed by atoms with E-state index in [-0.39, 0.29) is 5.56 Å². The molecule has 1 aromatic carbocycles. The number of anilines is 1. The van der Waals surface area contributed by atoms with Crippen molar-refractivity contribution in [1.29, 1.82) is 0 Å². The molecule has 0 amide bonds. The first kappa shape index (κ1) is 13.6. The average molecular weight is 267 g/mol. The van der Waals surface area contributed by atoms with Crippen molar-refractivity contribution in [1.82, 2.24) is 0 Å². The van der Waals surface area contributed by atoms with E-state index in [2.05, 4.69) is 0 Å². The van der Waals surface area contributed by atoms with E-state index in [9.17, 15) is 4.79 Å². The molecular formula is C13H17NO5. The van der Waals surface area contributed by atoms with Gasteiger partial charge in [-0.3, -0.25) is 0 Å². The molecule has 0 atom stereocenters. The van der Waals surface area contributed by atoms with Crippen molar-refractivity contribution in [3.8, 4) is 5.75 Å². The number of carboxylic acids is 1. The molecule has 19 heavy (non-hydrogen) atoms. The van der Waals surface area contributed by atoms with Gasteiger partial charge in [0.15, 0.2) is 0 Å². The Morgan fingerprint density at radius 2 is 1.89 bits per heavy atom. The van der Waals surface area contributed by atoms with Crippen LogP contribution in [0.25, 0.3) is 0 Å². The number of aromatic carboxylic acids is 1. The number of benzene rings is 1. The normalized spacial score (nSPS) is 16.9. The zero-order valence-corrected chi connectivity index (χ0v) is 11.2. The summed E-state index contributed by atoms with van der Waals surface area (Å²) in [5.74, 6) is -1.23. The predicted molar refractivity (Wildman–Crippen MR) is 68.9 cm³/mol. The Labute approximate surface area is 111 Å². The van der Waals surface area contributed by atoms with Crippen LogP contribution in [0.15, 0.2) is 18.2 Å². The maximum Gasteiger partial charge on any atom is 0.339 e. The highest BCUT2D eigenvalue weighted by atomic mass is 16.7. The third kappa shape index (κ3) is 2.36. The van der Waals surface area contributed by atoms with Gasteiger partial charge in [0.1, 0.15) is 11.3 Å². The largest absolute Gasteiger partial charge is 0.496 e. The first-order valence-corrected chi connectivity index (χ1v) is 5.82. The monoisotopic (exact) mass is 267 g/mol. The lowest BCUT2D eigenvalue weighted by atomic mass is 10.0. The molecule has 1 aromatic rings. The highest BCUT2D eigenvalue weighted by Gasteiger charge is 2.44. The van der Waals surface area contributed by atoms with E-state index in [1.807, 2.05) is 4.90 Å². The maximum absolute atomic E-state index is 11.0. The van der Waals surface area contributed by atoms with Gasteiger partial charge in [0.2, 0.25) is 5.79 Å². The van der Waals surface area contributed by atoms with E-state index < -0.39 is 11.8 Å². The summed E-state index contributed by atoms with van der Waals surface area (Å²) >= 11 is 0. The van der Waals surface area contributed by atoms with Gasteiger partial charge in [-0.1, -0.05) is 0 Å². The summed E-state index contributed by atoms with van der Waals surface area (Å²) in [6, 6.07) is 5.00. The Kier molecular flexibility index (Phi) is 3.64. The molecule has 1 heterocycles. The van der Waals surface area contributed by atoms with E-state index in [1.165, 1.54) is 13.2 Å². The number of ether oxygens (including phenoxy) is 3. The molecule has 1 aliphatic heterocycles. The van der Waals surface area contributed by atoms with E-state index in [4.69, 9.17) is 19.3 Å². The first-order valence-electron chi connectivity index (χ1n) is 5.82. The van der Waals surface area contributed by atoms with Crippen molar-refractivity contribution in [2.24, 2.45) is 0 Å². The standard InChI is InChI=1S/C13H17NO5/c1-17-11-6-9(4-5-10(11)12(15)16)14-7-13(8-14,18-2)19-3/h4-6H,7-8H2,1-3H3,(H,15,16). The van der Waals surface area contributed by atoms with Crippen molar-refractivity contribution in [2.75, 3.05) is 39.3 Å². The van der Waals surface area contributed by atoms with Crippen molar-refractivity contribution in [3.05, 3.63) is 23.8 Å². The predicted octanol–water partition coefficient (Wildman–Crippen LogP) is 1.20. The van der Waals surface area contributed by atoms with Crippen LogP contribution in [0.2, 0.25) is 0 Å². The molecule has 0 unspecified atom stereocenters. The fourth-order valence-corrected chi connectivity index (χ4v) is 2.11. The van der Waals surface area contributed by atoms with Crippen molar-refractivity contribution < 1.29 is 24.1 Å². The molecule has 1 N–H and O–H groups in total. The number of hydrogen-bond acceptors (Lipinski definition) is 5. The number of carboxylic acid groups (broad SMARTS) is 1. The maximum atomic E-state index is 11.0. The molecule has 1 fully saturated rings. The second kappa shape index (κ2) is 5.07. The van der Waals surface area contributed by atoms with E-state index in [0.717, 1.165) is 5.69 Å². The second-order valence-corrected chi connectivity index (χ2v) is 4.36. The third-order valence-corrected chi connectivity index (χ3v) is 3.39. The molecule has 2 rings (SSSR count). The van der Waals surface area contributed by atoms with Gasteiger partial charge in [0, 0.05) is 26.0 Å². The number of carbonyl (C=O) groups is 1. The lowest BCUT2D eigenvalue weighted by Gasteiger charge is -2.48. The molecule has 0 aliphatic carbocycles. The Morgan fingerprint density at radius 1 is 1.26 bits per heavy atom. The van der Waals surface area contributed by atoms with Crippen LogP contribution >= 0.6 is 0 Å². The molecule has 0 bridgehead atoms. The number of hydrogen-bond donors (Lipinski definition) is 1. The quantitative estimate of drug-likeness (QED) is 0.809. The van der Waals surface area contributed by atoms with Crippen LogP contribution in [0.1, 0.15) is 10.4 Å². The number of nitrogens with zero attached hydrogens (tertiary/aromatic N) is 1. The lowest BCUT2D eigenvalue weighted by molar-refractivity contribution is -0.219. The van der Waals surface area contributed by atoms with Gasteiger partial charge in [-0.05, 0) is 12.1 Å². The Hall–Kier alpha value is -1.79. The molecular weight excluding hydrogens is 250 g/mol. The number of rotatable bonds is 5. The molecule has 1 saturated heterocycles. The molecule has 6 heteroatoms. The SMILES string of the molecule is COc1cc(N2CC(OC)(OC)C2)ccc1C(=O)O. The highest BCUT2D eigenvalue weighted by Crippen LogP contribution is 2.33. The van der Waals surface area contributed by atoms with Crippen LogP contribution in [0, 0.1) is 0 Å². The Morgan fingerprint density at radius 3 is 2.37 bits per heavy atom. The topological polar surface area (TPSA) is 68.2 Å². The molecule has 0 radical (unpaired) electrons. The third-order valence-electron chi connectivity index (χ3n) is 3.39. The molecule has 0 aromatic heterocycles. The average Bonchev–Trinajstić information content (AvgIpc) is 2.38. The van der Waals surface area contributed by atoms with Gasteiger partial charge in [-0.15, -0.1) is 0 Å². The molecule has 1 aliphatic rings. The van der Waals surface area contributed by atoms with Crippen LogP contribution in [0.4, 0.5) is 5.69 Å². The minimum absolute atomic E-state index is 0.150. The zero-order valence-electron chi connectivity index (χ0n) is 11.2. The Balaban J connectivity index is 2.18. The number of methoxy groups -OCH3 is 3. The van der Waals surface area contributed by atoms with Gasteiger partial charge < -0.3 is 24.2 Å². The summed E-state index contributed by atoms with van der Waals surface area (Å²) in [4.78, 5) is 13.0. The van der Waals surface area contributed by atoms with Crippen LogP contribution in [0.5, 0.6) is 5.75 Å². The van der Waals surface area contributed by atoms with Crippen LogP contribution in [-0.2, 0) is 9.47 Å². The van der Waals surface area contributed by atoms with Crippen LogP contribution < -0.4 is 9.64 Å². The van der Waals surface area contributed by atoms with Crippen molar-refractivity contribution in [3.63, 3.8) is 0 Å². The summed E-state index contributed by atoms with van der Waals surface area (Å²) in [7, 11) is 4.67. The highest BCUT2D eigenvalue weighted by molar-refractivity contribution is 5.91. The van der Waals surface area contributed by atoms with Gasteiger partial charge in [-0.2, -0.15) is 0 Å². The van der Waals surface area contributed by atoms with E-state index in [1.54, 1.807) is 26.4 Å². The molecule has 0 saturated carbocycles. The molecule has 6 nitrogen and oxygen atoms in total. The Bertz CT molecular complexity index is 476. The molecule has 0 spiro atoms. The minimum Gasteiger partial charge on any atom is -0.496 e. The molecule has 104 valence electrons. The minimum atomic E-state index is -1.00. The van der Waals surface area contributed by atoms with Crippen molar-refractivity contribution >= 4 is 11.7 Å². The first-order chi connectivity index (χ1) is 9.05. The zero-order chi connectivity index (χ0) is 14.0. The van der Waals surface area contributed by atoms with E-state index in [0.29, 0.717) is 18.8 Å². The fraction of sp³-hybridized carbons (Fsp3) is 0.462. The summed E-state index contributed by atoms with van der Waals surface area (Å²) in [5, 5.41) is 9.02. The fourth-order valence-electron chi connectivity index (χ4n) is 2.11. The van der Waals surface area contributed by atoms with Gasteiger partial charge in [-0.25, -0.2) is 4.79 Å². The smallest absolute Gasteiger partial charge is 0.339 e. The van der Waals surface area contributed by atoms with Crippen LogP contribution in [0.3, 0.4) is 0 Å².